The molecular formula is C11H15N3O6. The SMILES string of the molecule is O=C(Nc1cccc([N+](=O)[O-])c1)NC(CO)(CO)CO. The quantitative estimate of drug-likeness (QED) is 0.349. The van der Waals surface area contributed by atoms with Crippen LogP contribution in [0.4, 0.5) is 16.2 Å². The molecule has 9 heteroatoms. The Hall–Kier alpha value is -2.23. The Balaban J connectivity index is 2.76. The van der Waals surface area contributed by atoms with Crippen molar-refractivity contribution >= 4 is 17.4 Å². The van der Waals surface area contributed by atoms with Crippen LogP contribution < -0.4 is 10.6 Å². The van der Waals surface area contributed by atoms with Gasteiger partial charge in [0.1, 0.15) is 5.54 Å². The molecule has 1 aromatic rings. The van der Waals surface area contributed by atoms with Crippen molar-refractivity contribution in [1.29, 1.82) is 0 Å². The molecule has 0 heterocycles. The molecule has 2 amide bonds. The topological polar surface area (TPSA) is 145 Å². The second-order valence-corrected chi connectivity index (χ2v) is 4.14. The van der Waals surface area contributed by atoms with Gasteiger partial charge in [0.25, 0.3) is 5.69 Å². The number of hydrogen-bond acceptors (Lipinski definition) is 6. The first-order chi connectivity index (χ1) is 9.46. The number of amides is 2. The van der Waals surface area contributed by atoms with Crippen molar-refractivity contribution in [2.24, 2.45) is 0 Å². The zero-order valence-electron chi connectivity index (χ0n) is 10.4. The summed E-state index contributed by atoms with van der Waals surface area (Å²) in [4.78, 5) is 21.6. The molecule has 0 aromatic heterocycles. The molecule has 0 radical (unpaired) electrons. The standard InChI is InChI=1S/C11H15N3O6/c15-5-11(6-16,7-17)13-10(18)12-8-2-1-3-9(4-8)14(19)20/h1-4,15-17H,5-7H2,(H2,12,13,18). The number of aliphatic hydroxyl groups excluding tert-OH is 3. The number of nitro groups is 1. The van der Waals surface area contributed by atoms with Crippen LogP contribution in [0.5, 0.6) is 0 Å². The maximum absolute atomic E-state index is 11.7. The van der Waals surface area contributed by atoms with Crippen LogP contribution in [0.15, 0.2) is 24.3 Å². The van der Waals surface area contributed by atoms with E-state index in [4.69, 9.17) is 15.3 Å². The zero-order valence-corrected chi connectivity index (χ0v) is 10.4. The van der Waals surface area contributed by atoms with Gasteiger partial charge in [0.05, 0.1) is 24.7 Å². The van der Waals surface area contributed by atoms with E-state index in [1.165, 1.54) is 18.2 Å². The minimum Gasteiger partial charge on any atom is -0.394 e. The van der Waals surface area contributed by atoms with Crippen molar-refractivity contribution in [2.45, 2.75) is 5.54 Å². The molecule has 20 heavy (non-hydrogen) atoms. The maximum Gasteiger partial charge on any atom is 0.319 e. The van der Waals surface area contributed by atoms with Crippen LogP contribution in [-0.4, -0.2) is 51.6 Å². The van der Waals surface area contributed by atoms with E-state index >= 15 is 0 Å². The predicted molar refractivity (Wildman–Crippen MR) is 69.2 cm³/mol. The Morgan fingerprint density at radius 2 is 1.85 bits per heavy atom. The lowest BCUT2D eigenvalue weighted by molar-refractivity contribution is -0.384. The molecule has 0 unspecified atom stereocenters. The third-order valence-electron chi connectivity index (χ3n) is 2.60. The highest BCUT2D eigenvalue weighted by Gasteiger charge is 2.30. The van der Waals surface area contributed by atoms with Crippen molar-refractivity contribution in [3.63, 3.8) is 0 Å². The van der Waals surface area contributed by atoms with Gasteiger partial charge in [-0.2, -0.15) is 0 Å². The number of anilines is 1. The molecular weight excluding hydrogens is 270 g/mol. The van der Waals surface area contributed by atoms with Crippen LogP contribution in [-0.2, 0) is 0 Å². The van der Waals surface area contributed by atoms with Crippen LogP contribution in [0, 0.1) is 10.1 Å². The lowest BCUT2D eigenvalue weighted by Crippen LogP contribution is -2.58. The number of rotatable bonds is 6. The van der Waals surface area contributed by atoms with Crippen molar-refractivity contribution in [3.05, 3.63) is 34.4 Å². The van der Waals surface area contributed by atoms with Gasteiger partial charge in [-0.05, 0) is 6.07 Å². The van der Waals surface area contributed by atoms with Gasteiger partial charge in [0.2, 0.25) is 0 Å². The zero-order chi connectivity index (χ0) is 15.2. The summed E-state index contributed by atoms with van der Waals surface area (Å²) in [7, 11) is 0. The molecule has 0 fully saturated rings. The van der Waals surface area contributed by atoms with E-state index < -0.39 is 36.3 Å². The first-order valence-electron chi connectivity index (χ1n) is 5.62. The van der Waals surface area contributed by atoms with Gasteiger partial charge in [-0.3, -0.25) is 10.1 Å². The molecule has 1 aromatic carbocycles. The van der Waals surface area contributed by atoms with Crippen molar-refractivity contribution < 1.29 is 25.0 Å². The number of urea groups is 1. The van der Waals surface area contributed by atoms with E-state index in [1.54, 1.807) is 0 Å². The van der Waals surface area contributed by atoms with Crippen LogP contribution in [0.25, 0.3) is 0 Å². The monoisotopic (exact) mass is 285 g/mol. The van der Waals surface area contributed by atoms with Gasteiger partial charge in [-0.15, -0.1) is 0 Å². The van der Waals surface area contributed by atoms with Crippen LogP contribution in [0.3, 0.4) is 0 Å². The number of nitro benzene ring substituents is 1. The van der Waals surface area contributed by atoms with E-state index in [-0.39, 0.29) is 11.4 Å². The summed E-state index contributed by atoms with van der Waals surface area (Å²) in [5, 5.41) is 42.3. The van der Waals surface area contributed by atoms with Crippen LogP contribution in [0.2, 0.25) is 0 Å². The van der Waals surface area contributed by atoms with E-state index in [0.29, 0.717) is 0 Å². The average molecular weight is 285 g/mol. The fourth-order valence-corrected chi connectivity index (χ4v) is 1.37. The van der Waals surface area contributed by atoms with Crippen LogP contribution in [0.1, 0.15) is 0 Å². The smallest absolute Gasteiger partial charge is 0.319 e. The summed E-state index contributed by atoms with van der Waals surface area (Å²) in [5.74, 6) is 0. The Morgan fingerprint density at radius 1 is 1.25 bits per heavy atom. The van der Waals surface area contributed by atoms with Crippen molar-refractivity contribution in [3.8, 4) is 0 Å². The third kappa shape index (κ3) is 3.88. The van der Waals surface area contributed by atoms with E-state index in [9.17, 15) is 14.9 Å². The summed E-state index contributed by atoms with van der Waals surface area (Å²) in [6.07, 6.45) is 0. The number of nitrogens with one attached hydrogen (secondary N) is 2. The summed E-state index contributed by atoms with van der Waals surface area (Å²) in [6.45, 7) is -1.99. The number of carbonyl (C=O) groups is 1. The number of aliphatic hydroxyl groups is 3. The number of non-ortho nitro benzene ring substituents is 1. The maximum atomic E-state index is 11.7. The largest absolute Gasteiger partial charge is 0.394 e. The summed E-state index contributed by atoms with van der Waals surface area (Å²) < 4.78 is 0. The molecule has 0 saturated carbocycles. The fourth-order valence-electron chi connectivity index (χ4n) is 1.37. The first-order valence-corrected chi connectivity index (χ1v) is 5.62. The number of nitrogens with zero attached hydrogens (tertiary/aromatic N) is 1. The normalized spacial score (nSPS) is 10.9. The Labute approximate surface area is 114 Å². The molecule has 9 nitrogen and oxygen atoms in total. The third-order valence-corrected chi connectivity index (χ3v) is 2.60. The summed E-state index contributed by atoms with van der Waals surface area (Å²) in [6, 6.07) is 4.43. The summed E-state index contributed by atoms with van der Waals surface area (Å²) in [5.41, 5.74) is -1.59. The molecule has 0 saturated heterocycles. The molecule has 0 spiro atoms. The molecule has 5 N–H and O–H groups in total. The van der Waals surface area contributed by atoms with Gasteiger partial charge < -0.3 is 26.0 Å². The minimum atomic E-state index is -1.56. The number of hydrogen-bond donors (Lipinski definition) is 5. The molecule has 0 bridgehead atoms. The van der Waals surface area contributed by atoms with Gasteiger partial charge in [0, 0.05) is 17.8 Å². The molecule has 0 aliphatic carbocycles. The van der Waals surface area contributed by atoms with Gasteiger partial charge >= 0.3 is 6.03 Å². The van der Waals surface area contributed by atoms with E-state index in [1.807, 2.05) is 0 Å². The minimum absolute atomic E-state index is 0.166. The van der Waals surface area contributed by atoms with Crippen molar-refractivity contribution in [2.75, 3.05) is 25.1 Å². The highest BCUT2D eigenvalue weighted by Crippen LogP contribution is 2.17. The predicted octanol–water partition coefficient (Wildman–Crippen LogP) is -0.568. The second kappa shape index (κ2) is 6.80. The molecule has 0 aliphatic rings. The Morgan fingerprint density at radius 3 is 2.35 bits per heavy atom. The first kappa shape index (κ1) is 15.8. The van der Waals surface area contributed by atoms with Gasteiger partial charge in [-0.25, -0.2) is 4.79 Å². The molecule has 1 rings (SSSR count). The lowest BCUT2D eigenvalue weighted by Gasteiger charge is -2.28. The number of benzene rings is 1. The van der Waals surface area contributed by atoms with Crippen LogP contribution >= 0.6 is 0 Å². The van der Waals surface area contributed by atoms with Gasteiger partial charge in [0.15, 0.2) is 0 Å². The van der Waals surface area contributed by atoms with Gasteiger partial charge in [-0.1, -0.05) is 6.07 Å². The van der Waals surface area contributed by atoms with E-state index in [0.717, 1.165) is 6.07 Å². The lowest BCUT2D eigenvalue weighted by atomic mass is 10.0. The fraction of sp³-hybridized carbons (Fsp3) is 0.364. The number of carbonyl (C=O) groups excluding carboxylic acids is 1. The molecule has 110 valence electrons. The van der Waals surface area contributed by atoms with Crippen molar-refractivity contribution in [1.82, 2.24) is 5.32 Å². The average Bonchev–Trinajstić information content (AvgIpc) is 2.45. The highest BCUT2D eigenvalue weighted by atomic mass is 16.6. The molecule has 0 aliphatic heterocycles. The Kier molecular flexibility index (Phi) is 5.38. The molecule has 0 atom stereocenters. The highest BCUT2D eigenvalue weighted by molar-refractivity contribution is 5.90. The summed E-state index contributed by atoms with van der Waals surface area (Å²) >= 11 is 0. The second-order valence-electron chi connectivity index (χ2n) is 4.14. The Bertz CT molecular complexity index is 481. The van der Waals surface area contributed by atoms with E-state index in [2.05, 4.69) is 10.6 Å².